The van der Waals surface area contributed by atoms with Gasteiger partial charge in [0, 0.05) is 25.7 Å². The number of aliphatic hydroxyl groups is 1. The van der Waals surface area contributed by atoms with E-state index in [0.717, 1.165) is 24.8 Å². The molecule has 0 unspecified atom stereocenters. The fourth-order valence-corrected chi connectivity index (χ4v) is 4.20. The summed E-state index contributed by atoms with van der Waals surface area (Å²) < 4.78 is 11.1. The molecule has 4 rings (SSSR count). The first kappa shape index (κ1) is 21.6. The average Bonchev–Trinajstić information content (AvgIpc) is 2.82. The number of nitrogens with zero attached hydrogens (tertiary/aromatic N) is 1. The van der Waals surface area contributed by atoms with Crippen molar-refractivity contribution in [2.24, 2.45) is 0 Å². The number of amides is 1. The number of morpholine rings is 1. The minimum absolute atomic E-state index is 0.0206. The maximum absolute atomic E-state index is 12.3. The van der Waals surface area contributed by atoms with Crippen molar-refractivity contribution >= 4 is 5.91 Å². The van der Waals surface area contributed by atoms with E-state index in [1.807, 2.05) is 12.1 Å². The zero-order chi connectivity index (χ0) is 21.6. The fourth-order valence-electron chi connectivity index (χ4n) is 4.20. The van der Waals surface area contributed by atoms with Crippen LogP contribution in [0.25, 0.3) is 0 Å². The van der Waals surface area contributed by atoms with Gasteiger partial charge in [0.1, 0.15) is 11.5 Å². The number of rotatable bonds is 7. The number of hydrogen-bond donors (Lipinski definition) is 3. The van der Waals surface area contributed by atoms with Crippen LogP contribution >= 0.6 is 0 Å². The minimum Gasteiger partial charge on any atom is -0.508 e. The summed E-state index contributed by atoms with van der Waals surface area (Å²) in [7, 11) is 0. The van der Waals surface area contributed by atoms with Gasteiger partial charge in [-0.05, 0) is 60.2 Å². The van der Waals surface area contributed by atoms with Crippen LogP contribution in [0.1, 0.15) is 41.7 Å². The quantitative estimate of drug-likeness (QED) is 0.630. The Morgan fingerprint density at radius 1 is 1.19 bits per heavy atom. The molecule has 0 spiro atoms. The van der Waals surface area contributed by atoms with Gasteiger partial charge in [0.2, 0.25) is 0 Å². The summed E-state index contributed by atoms with van der Waals surface area (Å²) in [6, 6.07) is 12.8. The number of carbonyl (C=O) groups is 1. The lowest BCUT2D eigenvalue weighted by Crippen LogP contribution is -2.43. The van der Waals surface area contributed by atoms with Gasteiger partial charge in [0.05, 0.1) is 19.3 Å². The second-order valence-electron chi connectivity index (χ2n) is 8.10. The molecule has 1 amide bonds. The Hall–Kier alpha value is -2.61. The zero-order valence-corrected chi connectivity index (χ0v) is 17.6. The van der Waals surface area contributed by atoms with Gasteiger partial charge < -0.3 is 29.9 Å². The molecule has 31 heavy (non-hydrogen) atoms. The predicted octanol–water partition coefficient (Wildman–Crippen LogP) is 2.33. The molecule has 1 aliphatic carbocycles. The van der Waals surface area contributed by atoms with Crippen LogP contribution in [-0.4, -0.2) is 60.5 Å². The molecule has 1 saturated heterocycles. The van der Waals surface area contributed by atoms with E-state index in [1.165, 1.54) is 11.1 Å². The lowest BCUT2D eigenvalue weighted by molar-refractivity contribution is -0.137. The van der Waals surface area contributed by atoms with E-state index >= 15 is 0 Å². The topological polar surface area (TPSA) is 91.3 Å². The maximum atomic E-state index is 12.3. The molecule has 3 N–H and O–H groups in total. The van der Waals surface area contributed by atoms with Gasteiger partial charge in [-0.1, -0.05) is 18.2 Å². The smallest absolute Gasteiger partial charge is 0.260 e. The van der Waals surface area contributed by atoms with E-state index < -0.39 is 6.10 Å². The van der Waals surface area contributed by atoms with Crippen LogP contribution in [0, 0.1) is 0 Å². The van der Waals surface area contributed by atoms with Crippen LogP contribution < -0.4 is 10.1 Å². The first-order chi connectivity index (χ1) is 15.1. The molecule has 0 aromatic heterocycles. The van der Waals surface area contributed by atoms with Crippen molar-refractivity contribution in [2.45, 2.75) is 31.4 Å². The van der Waals surface area contributed by atoms with Crippen LogP contribution in [0.15, 0.2) is 42.5 Å². The number of hydrogen-bond acceptors (Lipinski definition) is 6. The van der Waals surface area contributed by atoms with Crippen LogP contribution in [0.4, 0.5) is 0 Å². The van der Waals surface area contributed by atoms with Gasteiger partial charge in [-0.2, -0.15) is 0 Å². The Morgan fingerprint density at radius 3 is 2.74 bits per heavy atom. The number of carbonyl (C=O) groups excluding carboxylic acids is 1. The second-order valence-corrected chi connectivity index (χ2v) is 8.10. The Balaban J connectivity index is 1.36. The fraction of sp³-hybridized carbons (Fsp3) is 0.458. The highest BCUT2D eigenvalue weighted by molar-refractivity contribution is 5.77. The number of aliphatic hydroxyl groups excluding tert-OH is 1. The lowest BCUT2D eigenvalue weighted by Gasteiger charge is -2.28. The van der Waals surface area contributed by atoms with Crippen LogP contribution in [0.2, 0.25) is 0 Å². The van der Waals surface area contributed by atoms with E-state index in [0.29, 0.717) is 38.6 Å². The van der Waals surface area contributed by atoms with Crippen molar-refractivity contribution < 1.29 is 24.5 Å². The first-order valence-electron chi connectivity index (χ1n) is 10.9. The monoisotopic (exact) mass is 426 g/mol. The molecular weight excluding hydrogens is 396 g/mol. The van der Waals surface area contributed by atoms with Crippen molar-refractivity contribution in [3.05, 3.63) is 59.2 Å². The summed E-state index contributed by atoms with van der Waals surface area (Å²) in [5.41, 5.74) is 3.20. The van der Waals surface area contributed by atoms with Gasteiger partial charge in [0.15, 0.2) is 6.61 Å². The normalized spacial score (nSPS) is 19.5. The predicted molar refractivity (Wildman–Crippen MR) is 116 cm³/mol. The standard InChI is InChI=1S/C24H30N2O5/c27-19-7-4-18(5-8-19)23(28)15-25-22-3-1-2-17-6-9-20(14-21(17)22)31-16-24(29)26-10-12-30-13-11-26/h4-9,14,22-23,25,27-28H,1-3,10-13,15-16H2/t22-,23-/m0/s1. The van der Waals surface area contributed by atoms with E-state index in [9.17, 15) is 15.0 Å². The van der Waals surface area contributed by atoms with E-state index in [2.05, 4.69) is 11.4 Å². The summed E-state index contributed by atoms with van der Waals surface area (Å²) >= 11 is 0. The molecule has 1 fully saturated rings. The van der Waals surface area contributed by atoms with E-state index in [4.69, 9.17) is 9.47 Å². The van der Waals surface area contributed by atoms with Gasteiger partial charge in [-0.25, -0.2) is 0 Å². The van der Waals surface area contributed by atoms with Crippen molar-refractivity contribution in [3.63, 3.8) is 0 Å². The molecule has 7 nitrogen and oxygen atoms in total. The summed E-state index contributed by atoms with van der Waals surface area (Å²) in [6.45, 7) is 2.82. The summed E-state index contributed by atoms with van der Waals surface area (Å²) in [5, 5.41) is 23.4. The number of ether oxygens (including phenoxy) is 2. The molecule has 0 bridgehead atoms. The Bertz CT molecular complexity index is 880. The third kappa shape index (κ3) is 5.55. The number of phenolic OH excluding ortho intramolecular Hbond substituents is 1. The molecular formula is C24H30N2O5. The van der Waals surface area contributed by atoms with E-state index in [-0.39, 0.29) is 24.3 Å². The third-order valence-corrected chi connectivity index (χ3v) is 5.99. The number of phenols is 1. The van der Waals surface area contributed by atoms with Gasteiger partial charge >= 0.3 is 0 Å². The van der Waals surface area contributed by atoms with Crippen molar-refractivity contribution in [1.29, 1.82) is 0 Å². The molecule has 2 atom stereocenters. The highest BCUT2D eigenvalue weighted by Crippen LogP contribution is 2.33. The molecule has 1 heterocycles. The van der Waals surface area contributed by atoms with Gasteiger partial charge in [-0.15, -0.1) is 0 Å². The summed E-state index contributed by atoms with van der Waals surface area (Å²) in [6.07, 6.45) is 2.42. The molecule has 7 heteroatoms. The highest BCUT2D eigenvalue weighted by Gasteiger charge is 2.22. The first-order valence-corrected chi connectivity index (χ1v) is 10.9. The number of aryl methyl sites for hydroxylation is 1. The Morgan fingerprint density at radius 2 is 1.97 bits per heavy atom. The molecule has 166 valence electrons. The van der Waals surface area contributed by atoms with E-state index in [1.54, 1.807) is 29.2 Å². The largest absolute Gasteiger partial charge is 0.508 e. The summed E-state index contributed by atoms with van der Waals surface area (Å²) in [4.78, 5) is 14.1. The molecule has 1 aliphatic heterocycles. The van der Waals surface area contributed by atoms with Gasteiger partial charge in [0.25, 0.3) is 5.91 Å². The molecule has 2 aromatic carbocycles. The number of aromatic hydroxyl groups is 1. The van der Waals surface area contributed by atoms with Crippen LogP contribution in [-0.2, 0) is 16.0 Å². The zero-order valence-electron chi connectivity index (χ0n) is 17.6. The Kier molecular flexibility index (Phi) is 7.06. The van der Waals surface area contributed by atoms with Crippen molar-refractivity contribution in [3.8, 4) is 11.5 Å². The second kappa shape index (κ2) is 10.1. The number of nitrogens with one attached hydrogen (secondary N) is 1. The molecule has 2 aromatic rings. The van der Waals surface area contributed by atoms with Crippen LogP contribution in [0.5, 0.6) is 11.5 Å². The molecule has 2 aliphatic rings. The summed E-state index contributed by atoms with van der Waals surface area (Å²) in [5.74, 6) is 0.852. The molecule has 0 saturated carbocycles. The maximum Gasteiger partial charge on any atom is 0.260 e. The van der Waals surface area contributed by atoms with Crippen molar-refractivity contribution in [1.82, 2.24) is 10.2 Å². The number of benzene rings is 2. The lowest BCUT2D eigenvalue weighted by atomic mass is 9.87. The minimum atomic E-state index is -0.656. The average molecular weight is 427 g/mol. The van der Waals surface area contributed by atoms with Crippen LogP contribution in [0.3, 0.4) is 0 Å². The third-order valence-electron chi connectivity index (χ3n) is 5.99. The number of fused-ring (bicyclic) bond motifs is 1. The Labute approximate surface area is 182 Å². The highest BCUT2D eigenvalue weighted by atomic mass is 16.5. The van der Waals surface area contributed by atoms with Gasteiger partial charge in [-0.3, -0.25) is 4.79 Å². The van der Waals surface area contributed by atoms with Crippen molar-refractivity contribution in [2.75, 3.05) is 39.5 Å². The SMILES string of the molecule is O=C(COc1ccc2c(c1)[C@@H](NC[C@H](O)c1ccc(O)cc1)CCC2)N1CCOCC1. The molecule has 0 radical (unpaired) electrons.